The Kier molecular flexibility index (Phi) is 7.09. The van der Waals surface area contributed by atoms with Crippen LogP contribution in [0.15, 0.2) is 0 Å². The maximum absolute atomic E-state index is 5.50. The minimum atomic E-state index is 0.667. The molecule has 3 heteroatoms. The van der Waals surface area contributed by atoms with Crippen LogP contribution in [0.2, 0.25) is 0 Å². The number of ether oxygens (including phenoxy) is 1. The van der Waals surface area contributed by atoms with Gasteiger partial charge in [-0.2, -0.15) is 0 Å². The van der Waals surface area contributed by atoms with E-state index in [-0.39, 0.29) is 0 Å². The Morgan fingerprint density at radius 2 is 2.12 bits per heavy atom. The number of hydrogen-bond donors (Lipinski definition) is 1. The van der Waals surface area contributed by atoms with Gasteiger partial charge in [0.05, 0.1) is 6.61 Å². The molecule has 1 aliphatic rings. The highest BCUT2D eigenvalue weighted by molar-refractivity contribution is 4.85. The van der Waals surface area contributed by atoms with Gasteiger partial charge in [-0.15, -0.1) is 0 Å². The van der Waals surface area contributed by atoms with Gasteiger partial charge in [-0.1, -0.05) is 20.8 Å². The lowest BCUT2D eigenvalue weighted by Crippen LogP contribution is -2.57. The van der Waals surface area contributed by atoms with Gasteiger partial charge in [0, 0.05) is 38.3 Å². The van der Waals surface area contributed by atoms with Gasteiger partial charge < -0.3 is 10.1 Å². The third kappa shape index (κ3) is 5.36. The summed E-state index contributed by atoms with van der Waals surface area (Å²) in [6.07, 6.45) is 2.51. The highest BCUT2D eigenvalue weighted by Gasteiger charge is 2.26. The van der Waals surface area contributed by atoms with Crippen LogP contribution in [0.3, 0.4) is 0 Å². The first kappa shape index (κ1) is 14.9. The Balaban J connectivity index is 2.42. The molecule has 0 aliphatic carbocycles. The zero-order chi connectivity index (χ0) is 12.7. The van der Waals surface area contributed by atoms with Gasteiger partial charge in [0.2, 0.25) is 0 Å². The summed E-state index contributed by atoms with van der Waals surface area (Å²) in [5.41, 5.74) is 0. The molecule has 0 aromatic rings. The van der Waals surface area contributed by atoms with Crippen LogP contribution in [-0.4, -0.2) is 49.8 Å². The van der Waals surface area contributed by atoms with Crippen LogP contribution < -0.4 is 5.32 Å². The predicted octanol–water partition coefficient (Wildman–Crippen LogP) is 2.12. The van der Waals surface area contributed by atoms with Gasteiger partial charge in [-0.25, -0.2) is 0 Å². The standard InChI is InChI=1S/C14H30N2O/c1-5-13-11-16(7-8-17-6-2)14(10-15-13)9-12(3)4/h12-15H,5-11H2,1-4H3. The summed E-state index contributed by atoms with van der Waals surface area (Å²) < 4.78 is 5.50. The largest absolute Gasteiger partial charge is 0.380 e. The van der Waals surface area contributed by atoms with E-state index in [1.165, 1.54) is 19.4 Å². The number of nitrogens with one attached hydrogen (secondary N) is 1. The van der Waals surface area contributed by atoms with Gasteiger partial charge in [0.25, 0.3) is 0 Å². The molecule has 102 valence electrons. The maximum Gasteiger partial charge on any atom is 0.0593 e. The molecule has 1 saturated heterocycles. The summed E-state index contributed by atoms with van der Waals surface area (Å²) in [5.74, 6) is 0.773. The summed E-state index contributed by atoms with van der Waals surface area (Å²) in [6.45, 7) is 14.1. The van der Waals surface area contributed by atoms with Crippen molar-refractivity contribution in [2.24, 2.45) is 5.92 Å². The second kappa shape index (κ2) is 8.06. The van der Waals surface area contributed by atoms with E-state index in [0.29, 0.717) is 12.1 Å². The average molecular weight is 242 g/mol. The Bertz CT molecular complexity index is 197. The van der Waals surface area contributed by atoms with E-state index >= 15 is 0 Å². The summed E-state index contributed by atoms with van der Waals surface area (Å²) >= 11 is 0. The first-order chi connectivity index (χ1) is 8.17. The Morgan fingerprint density at radius 1 is 1.35 bits per heavy atom. The topological polar surface area (TPSA) is 24.5 Å². The summed E-state index contributed by atoms with van der Waals surface area (Å²) in [4.78, 5) is 2.63. The second-order valence-electron chi connectivity index (χ2n) is 5.49. The molecule has 0 amide bonds. The van der Waals surface area contributed by atoms with Crippen molar-refractivity contribution in [3.8, 4) is 0 Å². The Morgan fingerprint density at radius 3 is 2.71 bits per heavy atom. The molecule has 1 aliphatic heterocycles. The van der Waals surface area contributed by atoms with Crippen LogP contribution in [0, 0.1) is 5.92 Å². The molecule has 2 unspecified atom stereocenters. The smallest absolute Gasteiger partial charge is 0.0593 e. The molecule has 3 nitrogen and oxygen atoms in total. The van der Waals surface area contributed by atoms with Crippen LogP contribution >= 0.6 is 0 Å². The zero-order valence-electron chi connectivity index (χ0n) is 12.0. The minimum absolute atomic E-state index is 0.667. The van der Waals surface area contributed by atoms with Crippen LogP contribution in [0.5, 0.6) is 0 Å². The van der Waals surface area contributed by atoms with Crippen molar-refractivity contribution < 1.29 is 4.74 Å². The molecule has 1 heterocycles. The highest BCUT2D eigenvalue weighted by atomic mass is 16.5. The quantitative estimate of drug-likeness (QED) is 0.692. The van der Waals surface area contributed by atoms with Crippen molar-refractivity contribution in [3.05, 3.63) is 0 Å². The molecule has 2 atom stereocenters. The minimum Gasteiger partial charge on any atom is -0.380 e. The van der Waals surface area contributed by atoms with Crippen LogP contribution in [-0.2, 0) is 4.74 Å². The molecule has 0 aromatic heterocycles. The van der Waals surface area contributed by atoms with Gasteiger partial charge >= 0.3 is 0 Å². The van der Waals surface area contributed by atoms with E-state index < -0.39 is 0 Å². The number of nitrogens with zero attached hydrogens (tertiary/aromatic N) is 1. The fourth-order valence-electron chi connectivity index (χ4n) is 2.58. The molecular weight excluding hydrogens is 212 g/mol. The molecule has 0 spiro atoms. The molecule has 0 aromatic carbocycles. The van der Waals surface area contributed by atoms with Gasteiger partial charge in [-0.05, 0) is 25.7 Å². The molecule has 1 fully saturated rings. The molecule has 17 heavy (non-hydrogen) atoms. The summed E-state index contributed by atoms with van der Waals surface area (Å²) in [6, 6.07) is 1.36. The lowest BCUT2D eigenvalue weighted by Gasteiger charge is -2.41. The first-order valence-electron chi connectivity index (χ1n) is 7.22. The van der Waals surface area contributed by atoms with Crippen molar-refractivity contribution in [3.63, 3.8) is 0 Å². The zero-order valence-corrected chi connectivity index (χ0v) is 12.0. The van der Waals surface area contributed by atoms with Crippen molar-refractivity contribution in [1.29, 1.82) is 0 Å². The van der Waals surface area contributed by atoms with E-state index in [2.05, 4.69) is 37.9 Å². The highest BCUT2D eigenvalue weighted by Crippen LogP contribution is 2.16. The monoisotopic (exact) mass is 242 g/mol. The van der Waals surface area contributed by atoms with Crippen molar-refractivity contribution in [2.75, 3.05) is 32.8 Å². The number of piperazine rings is 1. The van der Waals surface area contributed by atoms with Crippen molar-refractivity contribution in [1.82, 2.24) is 10.2 Å². The normalized spacial score (nSPS) is 26.6. The van der Waals surface area contributed by atoms with E-state index in [1.54, 1.807) is 0 Å². The third-order valence-electron chi connectivity index (χ3n) is 3.58. The number of hydrogen-bond acceptors (Lipinski definition) is 3. The van der Waals surface area contributed by atoms with Crippen molar-refractivity contribution in [2.45, 2.75) is 52.6 Å². The first-order valence-corrected chi connectivity index (χ1v) is 7.22. The maximum atomic E-state index is 5.50. The SMILES string of the molecule is CCOCCN1CC(CC)NCC1CC(C)C. The van der Waals surface area contributed by atoms with Crippen molar-refractivity contribution >= 4 is 0 Å². The molecular formula is C14H30N2O. The second-order valence-corrected chi connectivity index (χ2v) is 5.49. The number of rotatable bonds is 7. The predicted molar refractivity (Wildman–Crippen MR) is 73.4 cm³/mol. The Labute approximate surface area is 107 Å². The third-order valence-corrected chi connectivity index (χ3v) is 3.58. The molecule has 0 radical (unpaired) electrons. The Hall–Kier alpha value is -0.120. The molecule has 0 bridgehead atoms. The van der Waals surface area contributed by atoms with E-state index in [4.69, 9.17) is 4.74 Å². The van der Waals surface area contributed by atoms with E-state index in [9.17, 15) is 0 Å². The average Bonchev–Trinajstić information content (AvgIpc) is 2.30. The van der Waals surface area contributed by atoms with Gasteiger partial charge in [0.15, 0.2) is 0 Å². The van der Waals surface area contributed by atoms with Crippen LogP contribution in [0.1, 0.15) is 40.5 Å². The van der Waals surface area contributed by atoms with Gasteiger partial charge in [-0.3, -0.25) is 4.90 Å². The summed E-state index contributed by atoms with van der Waals surface area (Å²) in [5, 5.41) is 3.66. The molecule has 1 rings (SSSR count). The lowest BCUT2D eigenvalue weighted by atomic mass is 9.98. The summed E-state index contributed by atoms with van der Waals surface area (Å²) in [7, 11) is 0. The molecule has 0 saturated carbocycles. The van der Waals surface area contributed by atoms with Gasteiger partial charge in [0.1, 0.15) is 0 Å². The van der Waals surface area contributed by atoms with Crippen LogP contribution in [0.25, 0.3) is 0 Å². The fourth-order valence-corrected chi connectivity index (χ4v) is 2.58. The van der Waals surface area contributed by atoms with E-state index in [0.717, 1.165) is 32.2 Å². The molecule has 1 N–H and O–H groups in total. The lowest BCUT2D eigenvalue weighted by molar-refractivity contribution is 0.0624. The fraction of sp³-hybridized carbons (Fsp3) is 1.00. The van der Waals surface area contributed by atoms with E-state index in [1.807, 2.05) is 0 Å². The van der Waals surface area contributed by atoms with Crippen LogP contribution in [0.4, 0.5) is 0 Å².